The second-order valence-corrected chi connectivity index (χ2v) is 4.34. The van der Waals surface area contributed by atoms with Crippen LogP contribution in [-0.2, 0) is 9.59 Å². The Morgan fingerprint density at radius 1 is 1.44 bits per heavy atom. The first-order valence-corrected chi connectivity index (χ1v) is 6.16. The van der Waals surface area contributed by atoms with E-state index in [1.807, 2.05) is 20.1 Å². The Hall–Kier alpha value is -1.21. The molecule has 1 rings (SSSR count). The molecule has 1 fully saturated rings. The van der Waals surface area contributed by atoms with Crippen LogP contribution in [0.25, 0.3) is 0 Å². The van der Waals surface area contributed by atoms with Crippen molar-refractivity contribution in [3.8, 4) is 0 Å². The van der Waals surface area contributed by atoms with E-state index in [1.54, 1.807) is 0 Å². The van der Waals surface area contributed by atoms with E-state index in [4.69, 9.17) is 9.96 Å². The van der Waals surface area contributed by atoms with Crippen molar-refractivity contribution in [3.63, 3.8) is 0 Å². The van der Waals surface area contributed by atoms with Crippen LogP contribution in [0, 0.1) is 5.41 Å². The number of amides is 2. The first-order valence-electron chi connectivity index (χ1n) is 5.43. The van der Waals surface area contributed by atoms with E-state index in [-0.39, 0.29) is 36.9 Å². The molecule has 1 aliphatic rings. The van der Waals surface area contributed by atoms with Crippen LogP contribution in [0.15, 0.2) is 4.99 Å². The molecule has 1 saturated heterocycles. The minimum Gasteiger partial charge on any atom is -0.312 e. The zero-order chi connectivity index (χ0) is 14.0. The number of imide groups is 1. The van der Waals surface area contributed by atoms with Gasteiger partial charge in [0.15, 0.2) is 0 Å². The zero-order valence-corrected chi connectivity index (χ0v) is 11.4. The van der Waals surface area contributed by atoms with E-state index in [2.05, 4.69) is 9.89 Å². The lowest BCUT2D eigenvalue weighted by Gasteiger charge is -2.05. The van der Waals surface area contributed by atoms with E-state index in [1.165, 1.54) is 0 Å². The third kappa shape index (κ3) is 7.18. The molecule has 0 aliphatic carbocycles. The highest BCUT2D eigenvalue weighted by Gasteiger charge is 2.29. The summed E-state index contributed by atoms with van der Waals surface area (Å²) in [4.78, 5) is 26.8. The molecule has 0 atom stereocenters. The summed E-state index contributed by atoms with van der Waals surface area (Å²) < 4.78 is 9.07. The van der Waals surface area contributed by atoms with Crippen LogP contribution >= 0.6 is 12.2 Å². The third-order valence-corrected chi connectivity index (χ3v) is 2.61. The highest BCUT2D eigenvalue weighted by Crippen LogP contribution is 2.17. The van der Waals surface area contributed by atoms with Gasteiger partial charge in [-0.15, -0.1) is 0 Å². The Bertz CT molecular complexity index is 313. The predicted molar refractivity (Wildman–Crippen MR) is 69.5 cm³/mol. The molecule has 18 heavy (non-hydrogen) atoms. The fraction of sp³-hybridized carbons (Fsp3) is 0.700. The van der Waals surface area contributed by atoms with Crippen molar-refractivity contribution in [2.45, 2.75) is 19.3 Å². The highest BCUT2D eigenvalue weighted by molar-refractivity contribution is 7.92. The van der Waals surface area contributed by atoms with Crippen molar-refractivity contribution >= 4 is 30.1 Å². The van der Waals surface area contributed by atoms with Crippen molar-refractivity contribution in [2.75, 3.05) is 27.2 Å². The number of rotatable bonds is 5. The fourth-order valence-corrected chi connectivity index (χ4v) is 1.53. The molecular weight excluding hydrogens is 256 g/mol. The van der Waals surface area contributed by atoms with E-state index in [0.29, 0.717) is 0 Å². The van der Waals surface area contributed by atoms with Crippen LogP contribution in [0.4, 0.5) is 0 Å². The van der Waals surface area contributed by atoms with Gasteiger partial charge >= 0.3 is 0 Å². The first-order chi connectivity index (χ1) is 8.52. The molecule has 102 valence electrons. The second-order valence-electron chi connectivity index (χ2n) is 3.81. The molecule has 7 nitrogen and oxygen atoms in total. The fourth-order valence-electron chi connectivity index (χ4n) is 1.17. The summed E-state index contributed by atoms with van der Waals surface area (Å²) in [5.74, 6) is -0.625. The molecule has 0 radical (unpaired) electrons. The smallest absolute Gasteiger partial charge is 0.241 e. The van der Waals surface area contributed by atoms with E-state index in [9.17, 15) is 9.59 Å². The van der Waals surface area contributed by atoms with Gasteiger partial charge in [0.1, 0.15) is 12.2 Å². The highest BCUT2D eigenvalue weighted by atomic mass is 32.2. The Morgan fingerprint density at radius 2 is 2.00 bits per heavy atom. The molecule has 1 aliphatic heterocycles. The number of carbonyl (C=O) groups excluding carboxylic acids is 2. The summed E-state index contributed by atoms with van der Waals surface area (Å²) in [5, 5.41) is 6.46. The van der Waals surface area contributed by atoms with Gasteiger partial charge < -0.3 is 9.45 Å². The molecule has 0 aromatic rings. The third-order valence-electron chi connectivity index (χ3n) is 2.04. The lowest BCUT2D eigenvalue weighted by atomic mass is 10.4. The number of nitrogens with one attached hydrogen (secondary N) is 1. The quantitative estimate of drug-likeness (QED) is 0.256. The van der Waals surface area contributed by atoms with Gasteiger partial charge in [0.25, 0.3) is 0 Å². The van der Waals surface area contributed by atoms with Gasteiger partial charge in [-0.05, 0) is 27.1 Å². The van der Waals surface area contributed by atoms with Crippen molar-refractivity contribution in [1.82, 2.24) is 9.21 Å². The lowest BCUT2D eigenvalue weighted by Crippen LogP contribution is -2.20. The summed E-state index contributed by atoms with van der Waals surface area (Å²) in [6.45, 7) is 1.76. The number of aliphatic imine (C=N–C) groups is 1. The molecule has 2 amide bonds. The molecule has 0 aromatic heterocycles. The number of nitrogens with zero attached hydrogens (tertiary/aromatic N) is 3. The van der Waals surface area contributed by atoms with Gasteiger partial charge in [0, 0.05) is 12.8 Å². The summed E-state index contributed by atoms with van der Waals surface area (Å²) >= 11 is 0.183. The standard InChI is InChI=1S/C6H13N3.C4H5NO3S/c1-9(2)5-3-4-8-6-7;6-3-1-2-4(7)5(3)9-8/h7H,3-5H2,1-2H3;8H,1-2H2. The van der Waals surface area contributed by atoms with Crippen LogP contribution in [0.5, 0.6) is 0 Å². The maximum Gasteiger partial charge on any atom is 0.241 e. The molecule has 8 heteroatoms. The van der Waals surface area contributed by atoms with Crippen LogP contribution in [0.1, 0.15) is 19.3 Å². The summed E-state index contributed by atoms with van der Waals surface area (Å²) in [5.41, 5.74) is 0. The van der Waals surface area contributed by atoms with Crippen LogP contribution in [-0.4, -0.2) is 58.8 Å². The second kappa shape index (κ2) is 9.78. The maximum atomic E-state index is 10.5. The summed E-state index contributed by atoms with van der Waals surface area (Å²) in [7, 11) is 4.04. The van der Waals surface area contributed by atoms with Crippen LogP contribution in [0.2, 0.25) is 0 Å². The predicted octanol–water partition coefficient (Wildman–Crippen LogP) is 0.947. The normalized spacial score (nSPS) is 14.3. The molecule has 0 unspecified atom stereocenters. The molecule has 0 aromatic carbocycles. The first kappa shape index (κ1) is 16.8. The summed E-state index contributed by atoms with van der Waals surface area (Å²) in [6.07, 6.45) is 1.47. The van der Waals surface area contributed by atoms with Crippen LogP contribution in [0.3, 0.4) is 0 Å². The van der Waals surface area contributed by atoms with E-state index in [0.717, 1.165) is 23.8 Å². The monoisotopic (exact) mass is 274 g/mol. The van der Waals surface area contributed by atoms with Crippen molar-refractivity contribution in [1.29, 1.82) is 5.41 Å². The van der Waals surface area contributed by atoms with Gasteiger partial charge in [0.2, 0.25) is 11.8 Å². The Labute approximate surface area is 111 Å². The van der Waals surface area contributed by atoms with Gasteiger partial charge in [-0.3, -0.25) is 9.59 Å². The largest absolute Gasteiger partial charge is 0.312 e. The van der Waals surface area contributed by atoms with Crippen molar-refractivity contribution in [3.05, 3.63) is 0 Å². The van der Waals surface area contributed by atoms with Gasteiger partial charge in [0.05, 0.1) is 12.6 Å². The topological polar surface area (TPSA) is 97.1 Å². The van der Waals surface area contributed by atoms with Crippen molar-refractivity contribution < 1.29 is 14.1 Å². The van der Waals surface area contributed by atoms with Gasteiger partial charge in [-0.25, -0.2) is 10.4 Å². The maximum absolute atomic E-state index is 10.5. The minimum absolute atomic E-state index is 0.183. The molecular formula is C10H18N4O3S. The Kier molecular flexibility index (Phi) is 9.13. The molecule has 2 N–H and O–H groups in total. The minimum atomic E-state index is -0.312. The molecule has 1 heterocycles. The molecule has 0 saturated carbocycles. The number of hydrogen-bond acceptors (Lipinski definition) is 7. The van der Waals surface area contributed by atoms with Crippen LogP contribution < -0.4 is 0 Å². The van der Waals surface area contributed by atoms with E-state index >= 15 is 0 Å². The average Bonchev–Trinajstić information content (AvgIpc) is 2.65. The SMILES string of the molecule is CN(C)CCCN=C=N.O=C1CCC(=O)N1SO. The van der Waals surface area contributed by atoms with Crippen molar-refractivity contribution in [2.24, 2.45) is 4.99 Å². The molecule has 0 bridgehead atoms. The van der Waals surface area contributed by atoms with E-state index < -0.39 is 0 Å². The average molecular weight is 274 g/mol. The number of carbonyl (C=O) groups is 2. The summed E-state index contributed by atoms with van der Waals surface area (Å²) in [6, 6.07) is 2.00. The Morgan fingerprint density at radius 3 is 2.33 bits per heavy atom. The molecule has 0 spiro atoms. The van der Waals surface area contributed by atoms with Gasteiger partial charge in [-0.1, -0.05) is 0 Å². The lowest BCUT2D eigenvalue weighted by molar-refractivity contribution is -0.132. The van der Waals surface area contributed by atoms with Gasteiger partial charge in [-0.2, -0.15) is 4.31 Å². The Balaban J connectivity index is 0.000000321. The number of hydrogen-bond donors (Lipinski definition) is 2. The zero-order valence-electron chi connectivity index (χ0n) is 10.5.